The van der Waals surface area contributed by atoms with Gasteiger partial charge in [-0.2, -0.15) is 4.98 Å². The predicted molar refractivity (Wildman–Crippen MR) is 103 cm³/mol. The number of para-hydroxylation sites is 1. The molecule has 0 radical (unpaired) electrons. The number of ether oxygens (including phenoxy) is 1. The molecule has 134 valence electrons. The average molecular weight is 368 g/mol. The van der Waals surface area contributed by atoms with E-state index < -0.39 is 0 Å². The van der Waals surface area contributed by atoms with Gasteiger partial charge in [-0.05, 0) is 36.4 Å². The van der Waals surface area contributed by atoms with E-state index in [1.807, 2.05) is 35.7 Å². The van der Waals surface area contributed by atoms with Gasteiger partial charge in [0.1, 0.15) is 6.61 Å². The summed E-state index contributed by atoms with van der Waals surface area (Å²) in [6.07, 6.45) is 2.34. The van der Waals surface area contributed by atoms with E-state index in [0.29, 0.717) is 23.9 Å². The van der Waals surface area contributed by atoms with E-state index in [1.54, 1.807) is 6.07 Å². The highest BCUT2D eigenvalue weighted by atomic mass is 32.1. The first-order valence-corrected chi connectivity index (χ1v) is 9.65. The predicted octanol–water partition coefficient (Wildman–Crippen LogP) is 3.10. The molecule has 2 aromatic heterocycles. The first kappa shape index (κ1) is 16.8. The number of hydrogen-bond donors (Lipinski definition) is 1. The lowest BCUT2D eigenvalue weighted by Gasteiger charge is -2.17. The third-order valence-corrected chi connectivity index (χ3v) is 5.19. The topological polar surface area (TPSA) is 67.3 Å². The van der Waals surface area contributed by atoms with Crippen molar-refractivity contribution >= 4 is 34.1 Å². The Bertz CT molecular complexity index is 892. The van der Waals surface area contributed by atoms with Crippen LogP contribution in [0.15, 0.2) is 41.8 Å². The molecule has 1 fully saturated rings. The molecule has 1 amide bonds. The highest BCUT2D eigenvalue weighted by molar-refractivity contribution is 7.12. The highest BCUT2D eigenvalue weighted by Gasteiger charge is 2.18. The van der Waals surface area contributed by atoms with Crippen LogP contribution in [-0.2, 0) is 0 Å². The summed E-state index contributed by atoms with van der Waals surface area (Å²) < 4.78 is 5.90. The molecule has 0 aliphatic carbocycles. The Morgan fingerprint density at radius 3 is 2.81 bits per heavy atom. The molecule has 0 atom stereocenters. The number of nitrogens with zero attached hydrogens (tertiary/aromatic N) is 3. The summed E-state index contributed by atoms with van der Waals surface area (Å²) in [5, 5.41) is 5.64. The second-order valence-corrected chi connectivity index (χ2v) is 7.07. The molecule has 7 heteroatoms. The number of thiophene rings is 1. The van der Waals surface area contributed by atoms with Crippen LogP contribution in [0, 0.1) is 0 Å². The van der Waals surface area contributed by atoms with E-state index in [4.69, 9.17) is 4.74 Å². The summed E-state index contributed by atoms with van der Waals surface area (Å²) in [6, 6.07) is 11.5. The summed E-state index contributed by atoms with van der Waals surface area (Å²) in [6.45, 7) is 2.75. The number of rotatable bonds is 6. The Morgan fingerprint density at radius 2 is 2.00 bits per heavy atom. The summed E-state index contributed by atoms with van der Waals surface area (Å²) in [5.74, 6) is 1.22. The van der Waals surface area contributed by atoms with Gasteiger partial charge in [-0.3, -0.25) is 4.79 Å². The normalized spacial score (nSPS) is 13.9. The van der Waals surface area contributed by atoms with Crippen molar-refractivity contribution in [1.82, 2.24) is 15.3 Å². The molecule has 26 heavy (non-hydrogen) atoms. The van der Waals surface area contributed by atoms with Gasteiger partial charge in [-0.1, -0.05) is 18.2 Å². The van der Waals surface area contributed by atoms with Crippen molar-refractivity contribution in [2.75, 3.05) is 31.1 Å². The van der Waals surface area contributed by atoms with Gasteiger partial charge in [0.15, 0.2) is 0 Å². The van der Waals surface area contributed by atoms with Crippen molar-refractivity contribution in [2.24, 2.45) is 0 Å². The van der Waals surface area contributed by atoms with E-state index in [9.17, 15) is 4.79 Å². The number of carbonyl (C=O) groups excluding carboxylic acids is 1. The van der Waals surface area contributed by atoms with Crippen molar-refractivity contribution in [2.45, 2.75) is 12.8 Å². The van der Waals surface area contributed by atoms with Crippen LogP contribution in [0.3, 0.4) is 0 Å². The van der Waals surface area contributed by atoms with Gasteiger partial charge in [0.25, 0.3) is 5.91 Å². The van der Waals surface area contributed by atoms with Crippen LogP contribution in [0.2, 0.25) is 0 Å². The lowest BCUT2D eigenvalue weighted by molar-refractivity contribution is 0.0951. The van der Waals surface area contributed by atoms with Gasteiger partial charge >= 0.3 is 0 Å². The maximum absolute atomic E-state index is 12.0. The number of amides is 1. The minimum Gasteiger partial charge on any atom is -0.475 e. The summed E-state index contributed by atoms with van der Waals surface area (Å²) in [7, 11) is 0. The van der Waals surface area contributed by atoms with E-state index in [1.165, 1.54) is 24.2 Å². The molecule has 6 nitrogen and oxygen atoms in total. The lowest BCUT2D eigenvalue weighted by Crippen LogP contribution is -2.27. The third kappa shape index (κ3) is 3.62. The minimum atomic E-state index is -0.0751. The van der Waals surface area contributed by atoms with Gasteiger partial charge in [0, 0.05) is 13.1 Å². The molecule has 0 unspecified atom stereocenters. The second kappa shape index (κ2) is 7.70. The van der Waals surface area contributed by atoms with E-state index in [-0.39, 0.29) is 5.91 Å². The molecule has 1 aliphatic rings. The van der Waals surface area contributed by atoms with E-state index in [0.717, 1.165) is 29.9 Å². The molecule has 3 aromatic rings. The molecule has 3 heterocycles. The molecule has 1 saturated heterocycles. The monoisotopic (exact) mass is 368 g/mol. The van der Waals surface area contributed by atoms with Crippen molar-refractivity contribution < 1.29 is 9.53 Å². The van der Waals surface area contributed by atoms with Crippen molar-refractivity contribution in [1.29, 1.82) is 0 Å². The second-order valence-electron chi connectivity index (χ2n) is 6.12. The standard InChI is InChI=1S/C19H20N4O2S/c24-17(16-8-5-13-26-16)20-9-12-25-18-14-6-1-2-7-15(14)21-19(22-18)23-10-3-4-11-23/h1-2,5-8,13H,3-4,9-12H2,(H,20,24). The number of anilines is 1. The SMILES string of the molecule is O=C(NCCOc1nc(N2CCCC2)nc2ccccc12)c1cccs1. The zero-order chi connectivity index (χ0) is 17.8. The third-order valence-electron chi connectivity index (χ3n) is 4.32. The Hall–Kier alpha value is -2.67. The largest absolute Gasteiger partial charge is 0.475 e. The van der Waals surface area contributed by atoms with E-state index >= 15 is 0 Å². The minimum absolute atomic E-state index is 0.0751. The van der Waals surface area contributed by atoms with E-state index in [2.05, 4.69) is 20.2 Å². The molecule has 1 aromatic carbocycles. The first-order valence-electron chi connectivity index (χ1n) is 8.77. The highest BCUT2D eigenvalue weighted by Crippen LogP contribution is 2.26. The fourth-order valence-corrected chi connectivity index (χ4v) is 3.65. The molecule has 0 spiro atoms. The van der Waals surface area contributed by atoms with Gasteiger partial charge in [0.05, 0.1) is 22.3 Å². The maximum Gasteiger partial charge on any atom is 0.261 e. The summed E-state index contributed by atoms with van der Waals surface area (Å²) >= 11 is 1.42. The van der Waals surface area contributed by atoms with Crippen LogP contribution in [0.5, 0.6) is 5.88 Å². The van der Waals surface area contributed by atoms with Crippen LogP contribution in [-0.4, -0.2) is 42.1 Å². The van der Waals surface area contributed by atoms with Crippen molar-refractivity contribution in [3.05, 3.63) is 46.7 Å². The Labute approximate surface area is 155 Å². The average Bonchev–Trinajstić information content (AvgIpc) is 3.38. The van der Waals surface area contributed by atoms with Crippen LogP contribution in [0.1, 0.15) is 22.5 Å². The molecular formula is C19H20N4O2S. The van der Waals surface area contributed by atoms with Gasteiger partial charge in [-0.15, -0.1) is 11.3 Å². The summed E-state index contributed by atoms with van der Waals surface area (Å²) in [4.78, 5) is 24.2. The number of aromatic nitrogens is 2. The molecular weight excluding hydrogens is 348 g/mol. The molecule has 0 bridgehead atoms. The van der Waals surface area contributed by atoms with Crippen LogP contribution in [0.4, 0.5) is 5.95 Å². The van der Waals surface area contributed by atoms with Gasteiger partial charge in [0.2, 0.25) is 11.8 Å². The maximum atomic E-state index is 12.0. The van der Waals surface area contributed by atoms with Crippen molar-refractivity contribution in [3.8, 4) is 5.88 Å². The van der Waals surface area contributed by atoms with Crippen LogP contribution >= 0.6 is 11.3 Å². The van der Waals surface area contributed by atoms with Gasteiger partial charge in [-0.25, -0.2) is 4.98 Å². The Kier molecular flexibility index (Phi) is 4.97. The first-order chi connectivity index (χ1) is 12.8. The fourth-order valence-electron chi connectivity index (χ4n) is 3.01. The quantitative estimate of drug-likeness (QED) is 0.677. The number of hydrogen-bond acceptors (Lipinski definition) is 6. The molecule has 4 rings (SSSR count). The lowest BCUT2D eigenvalue weighted by atomic mass is 10.2. The van der Waals surface area contributed by atoms with Crippen LogP contribution < -0.4 is 15.0 Å². The summed E-state index contributed by atoms with van der Waals surface area (Å²) in [5.41, 5.74) is 0.877. The Balaban J connectivity index is 1.45. The van der Waals surface area contributed by atoms with Crippen molar-refractivity contribution in [3.63, 3.8) is 0 Å². The Morgan fingerprint density at radius 1 is 1.15 bits per heavy atom. The zero-order valence-corrected chi connectivity index (χ0v) is 15.2. The number of nitrogens with one attached hydrogen (secondary N) is 1. The fraction of sp³-hybridized carbons (Fsp3) is 0.316. The number of carbonyl (C=O) groups is 1. The van der Waals surface area contributed by atoms with Crippen LogP contribution in [0.25, 0.3) is 10.9 Å². The number of benzene rings is 1. The molecule has 1 aliphatic heterocycles. The smallest absolute Gasteiger partial charge is 0.261 e. The number of fused-ring (bicyclic) bond motifs is 1. The molecule has 1 N–H and O–H groups in total. The van der Waals surface area contributed by atoms with Gasteiger partial charge < -0.3 is 15.0 Å². The molecule has 0 saturated carbocycles. The zero-order valence-electron chi connectivity index (χ0n) is 14.4.